The number of piperidine rings is 1. The maximum absolute atomic E-state index is 13.4. The molecule has 2 aliphatic rings. The summed E-state index contributed by atoms with van der Waals surface area (Å²) in [6.45, 7) is 2.73. The highest BCUT2D eigenvalue weighted by atomic mass is 19.1. The molecule has 0 radical (unpaired) electrons. The topological polar surface area (TPSA) is 49.6 Å². The van der Waals surface area contributed by atoms with Gasteiger partial charge in [0.1, 0.15) is 17.6 Å². The Labute approximate surface area is 159 Å². The van der Waals surface area contributed by atoms with Crippen LogP contribution in [0.1, 0.15) is 48.9 Å². The summed E-state index contributed by atoms with van der Waals surface area (Å²) in [6, 6.07) is 6.43. The second-order valence-electron chi connectivity index (χ2n) is 7.74. The summed E-state index contributed by atoms with van der Waals surface area (Å²) < 4.78 is 19.3. The van der Waals surface area contributed by atoms with Gasteiger partial charge in [-0.3, -0.25) is 4.79 Å². The molecule has 27 heavy (non-hydrogen) atoms. The summed E-state index contributed by atoms with van der Waals surface area (Å²) in [5, 5.41) is 0. The van der Waals surface area contributed by atoms with Gasteiger partial charge in [0.2, 0.25) is 11.8 Å². The Morgan fingerprint density at radius 2 is 2.07 bits per heavy atom. The minimum atomic E-state index is -0.252. The third-order valence-corrected chi connectivity index (χ3v) is 5.73. The summed E-state index contributed by atoms with van der Waals surface area (Å²) in [6.07, 6.45) is 5.92. The fourth-order valence-electron chi connectivity index (χ4n) is 4.18. The van der Waals surface area contributed by atoms with E-state index in [2.05, 4.69) is 16.9 Å². The first-order chi connectivity index (χ1) is 13.1. The molecule has 0 spiro atoms. The highest BCUT2D eigenvalue weighted by Crippen LogP contribution is 2.34. The van der Waals surface area contributed by atoms with Crippen LogP contribution in [0.3, 0.4) is 0 Å². The van der Waals surface area contributed by atoms with Gasteiger partial charge in [0.05, 0.1) is 6.20 Å². The van der Waals surface area contributed by atoms with Gasteiger partial charge in [-0.25, -0.2) is 9.37 Å². The molecule has 1 aromatic heterocycles. The maximum Gasteiger partial charge on any atom is 0.226 e. The van der Waals surface area contributed by atoms with Gasteiger partial charge in [-0.2, -0.15) is 0 Å². The second kappa shape index (κ2) is 7.80. The van der Waals surface area contributed by atoms with Crippen LogP contribution in [0.25, 0.3) is 0 Å². The van der Waals surface area contributed by atoms with Gasteiger partial charge >= 0.3 is 0 Å². The van der Waals surface area contributed by atoms with Crippen molar-refractivity contribution in [2.45, 2.75) is 38.1 Å². The zero-order chi connectivity index (χ0) is 18.8. The number of nitrogens with zero attached hydrogens (tertiary/aromatic N) is 3. The van der Waals surface area contributed by atoms with Crippen LogP contribution in [-0.4, -0.2) is 47.4 Å². The van der Waals surface area contributed by atoms with Crippen LogP contribution in [0.5, 0.6) is 0 Å². The first-order valence-corrected chi connectivity index (χ1v) is 9.78. The lowest BCUT2D eigenvalue weighted by atomic mass is 9.95. The summed E-state index contributed by atoms with van der Waals surface area (Å²) in [5.41, 5.74) is 0.850. The van der Waals surface area contributed by atoms with Crippen LogP contribution >= 0.6 is 0 Å². The van der Waals surface area contributed by atoms with E-state index < -0.39 is 0 Å². The molecule has 144 valence electrons. The number of likely N-dealkylation sites (tertiary alicyclic amines) is 2. The molecule has 1 unspecified atom stereocenters. The van der Waals surface area contributed by atoms with Crippen molar-refractivity contribution in [3.63, 3.8) is 0 Å². The predicted octanol–water partition coefficient (Wildman–Crippen LogP) is 3.41. The minimum Gasteiger partial charge on any atom is -0.443 e. The van der Waals surface area contributed by atoms with Crippen molar-refractivity contribution in [1.29, 1.82) is 0 Å². The number of rotatable bonds is 4. The van der Waals surface area contributed by atoms with Crippen molar-refractivity contribution >= 4 is 5.91 Å². The van der Waals surface area contributed by atoms with Gasteiger partial charge < -0.3 is 14.2 Å². The molecule has 0 saturated carbocycles. The van der Waals surface area contributed by atoms with Gasteiger partial charge in [-0.15, -0.1) is 0 Å². The summed E-state index contributed by atoms with van der Waals surface area (Å²) >= 11 is 0. The number of halogens is 1. The molecule has 2 fully saturated rings. The van der Waals surface area contributed by atoms with E-state index >= 15 is 0 Å². The number of carbonyl (C=O) groups excluding carboxylic acids is 1. The smallest absolute Gasteiger partial charge is 0.226 e. The lowest BCUT2D eigenvalue weighted by molar-refractivity contribution is -0.138. The second-order valence-corrected chi connectivity index (χ2v) is 7.74. The summed E-state index contributed by atoms with van der Waals surface area (Å²) in [4.78, 5) is 21.7. The minimum absolute atomic E-state index is 0.0709. The van der Waals surface area contributed by atoms with Crippen molar-refractivity contribution in [1.82, 2.24) is 14.8 Å². The molecule has 2 aromatic rings. The van der Waals surface area contributed by atoms with E-state index in [1.165, 1.54) is 12.1 Å². The Morgan fingerprint density at radius 1 is 1.26 bits per heavy atom. The van der Waals surface area contributed by atoms with Crippen LogP contribution in [0.2, 0.25) is 0 Å². The van der Waals surface area contributed by atoms with Gasteiger partial charge in [-0.05, 0) is 63.5 Å². The average molecular weight is 371 g/mol. The van der Waals surface area contributed by atoms with Crippen LogP contribution in [0.15, 0.2) is 34.9 Å². The van der Waals surface area contributed by atoms with Gasteiger partial charge in [0.25, 0.3) is 0 Å². The third kappa shape index (κ3) is 4.05. The highest BCUT2D eigenvalue weighted by molar-refractivity contribution is 5.79. The molecular formula is C21H26FN3O2. The van der Waals surface area contributed by atoms with E-state index in [1.807, 2.05) is 11.0 Å². The largest absolute Gasteiger partial charge is 0.443 e. The van der Waals surface area contributed by atoms with E-state index in [-0.39, 0.29) is 23.7 Å². The molecule has 3 heterocycles. The Bertz CT molecular complexity index is 798. The number of aromatic nitrogens is 1. The average Bonchev–Trinajstić information content (AvgIpc) is 3.31. The number of carbonyl (C=O) groups is 1. The molecule has 2 saturated heterocycles. The van der Waals surface area contributed by atoms with Gasteiger partial charge in [0.15, 0.2) is 0 Å². The monoisotopic (exact) mass is 371 g/mol. The first kappa shape index (κ1) is 18.2. The molecule has 1 atom stereocenters. The molecule has 0 aliphatic carbocycles. The summed E-state index contributed by atoms with van der Waals surface area (Å²) in [5.74, 6) is 1.42. The lowest BCUT2D eigenvalue weighted by Gasteiger charge is -2.32. The molecular weight excluding hydrogens is 345 g/mol. The van der Waals surface area contributed by atoms with Crippen molar-refractivity contribution in [2.75, 3.05) is 26.7 Å². The van der Waals surface area contributed by atoms with Gasteiger partial charge in [-0.1, -0.05) is 12.1 Å². The fraction of sp³-hybridized carbons (Fsp3) is 0.524. The number of benzene rings is 1. The molecule has 6 heteroatoms. The lowest BCUT2D eigenvalue weighted by Crippen LogP contribution is -2.41. The van der Waals surface area contributed by atoms with E-state index in [4.69, 9.17) is 4.42 Å². The Morgan fingerprint density at radius 3 is 2.85 bits per heavy atom. The van der Waals surface area contributed by atoms with Crippen molar-refractivity contribution in [3.05, 3.63) is 53.5 Å². The number of oxazole rings is 1. The molecule has 0 bridgehead atoms. The zero-order valence-electron chi connectivity index (χ0n) is 15.7. The molecule has 1 amide bonds. The van der Waals surface area contributed by atoms with E-state index in [9.17, 15) is 9.18 Å². The Hall–Kier alpha value is -2.21. The molecule has 5 nitrogen and oxygen atoms in total. The van der Waals surface area contributed by atoms with Crippen LogP contribution in [0.4, 0.5) is 4.39 Å². The van der Waals surface area contributed by atoms with Crippen molar-refractivity contribution in [2.24, 2.45) is 5.92 Å². The Balaban J connectivity index is 1.44. The van der Waals surface area contributed by atoms with Crippen molar-refractivity contribution < 1.29 is 13.6 Å². The predicted molar refractivity (Wildman–Crippen MR) is 99.6 cm³/mol. The molecule has 0 N–H and O–H groups in total. The quantitative estimate of drug-likeness (QED) is 0.826. The van der Waals surface area contributed by atoms with Crippen molar-refractivity contribution in [3.8, 4) is 0 Å². The number of hydrogen-bond acceptors (Lipinski definition) is 4. The zero-order valence-corrected chi connectivity index (χ0v) is 15.7. The van der Waals surface area contributed by atoms with E-state index in [0.717, 1.165) is 50.9 Å². The number of hydrogen-bond donors (Lipinski definition) is 0. The van der Waals surface area contributed by atoms with Crippen LogP contribution in [-0.2, 0) is 11.2 Å². The SMILES string of the molecule is CN1CCC(C(=O)N2CCCC2c2ncc(Cc3cccc(F)c3)o2)CC1. The van der Waals surface area contributed by atoms with E-state index in [0.29, 0.717) is 18.1 Å². The normalized spacial score (nSPS) is 21.7. The van der Waals surface area contributed by atoms with Crippen LogP contribution < -0.4 is 0 Å². The summed E-state index contributed by atoms with van der Waals surface area (Å²) in [7, 11) is 2.10. The fourth-order valence-corrected chi connectivity index (χ4v) is 4.18. The molecule has 1 aromatic carbocycles. The number of amides is 1. The standard InChI is InChI=1S/C21H26FN3O2/c1-24-10-7-16(8-11-24)21(26)25-9-3-6-19(25)20-23-14-18(27-20)13-15-4-2-5-17(22)12-15/h2,4-5,12,14,16,19H,3,6-11,13H2,1H3. The van der Waals surface area contributed by atoms with E-state index in [1.54, 1.807) is 12.3 Å². The maximum atomic E-state index is 13.4. The van der Waals surface area contributed by atoms with Gasteiger partial charge in [0, 0.05) is 18.9 Å². The molecule has 4 rings (SSSR count). The molecule has 2 aliphatic heterocycles. The Kier molecular flexibility index (Phi) is 5.25. The highest BCUT2D eigenvalue weighted by Gasteiger charge is 2.37. The third-order valence-electron chi connectivity index (χ3n) is 5.73. The van der Waals surface area contributed by atoms with Crippen LogP contribution in [0, 0.1) is 11.7 Å². The first-order valence-electron chi connectivity index (χ1n) is 9.78.